The van der Waals surface area contributed by atoms with E-state index in [0.29, 0.717) is 17.7 Å². The fourth-order valence-electron chi connectivity index (χ4n) is 2.45. The van der Waals surface area contributed by atoms with E-state index >= 15 is 0 Å². The molecule has 122 valence electrons. The number of hydrogen-bond acceptors (Lipinski definition) is 8. The minimum absolute atomic E-state index is 0.114. The van der Waals surface area contributed by atoms with Crippen LogP contribution in [0.5, 0.6) is 0 Å². The number of nitrogens with one attached hydrogen (secondary N) is 3. The standard InChI is InChI=1S/C14H19N7OS/c1-8-5-11(23-21-8)20-14-12(13(15)22)17-7-10(19-14)18-9-3-2-4-16-6-9/h5,7,9,16H,2-4,6H2,1H3,(H2,15,22)(H2,18,19,20)/t9-/m1/s1. The highest BCUT2D eigenvalue weighted by Crippen LogP contribution is 2.23. The molecular weight excluding hydrogens is 314 g/mol. The van der Waals surface area contributed by atoms with Crippen LogP contribution in [0.2, 0.25) is 0 Å². The van der Waals surface area contributed by atoms with Gasteiger partial charge in [-0.15, -0.1) is 0 Å². The van der Waals surface area contributed by atoms with Crippen LogP contribution in [0.15, 0.2) is 12.3 Å². The van der Waals surface area contributed by atoms with Gasteiger partial charge >= 0.3 is 0 Å². The first-order chi connectivity index (χ1) is 11.1. The van der Waals surface area contributed by atoms with Crippen molar-refractivity contribution in [3.63, 3.8) is 0 Å². The summed E-state index contributed by atoms with van der Waals surface area (Å²) in [7, 11) is 0. The van der Waals surface area contributed by atoms with Crippen LogP contribution in [0.3, 0.4) is 0 Å². The molecule has 1 saturated heterocycles. The molecule has 1 amide bonds. The van der Waals surface area contributed by atoms with Crippen LogP contribution in [-0.4, -0.2) is 39.4 Å². The van der Waals surface area contributed by atoms with E-state index in [1.54, 1.807) is 0 Å². The minimum atomic E-state index is -0.618. The summed E-state index contributed by atoms with van der Waals surface area (Å²) in [5.41, 5.74) is 6.39. The van der Waals surface area contributed by atoms with Gasteiger partial charge in [-0.3, -0.25) is 4.79 Å². The van der Waals surface area contributed by atoms with Gasteiger partial charge in [0.2, 0.25) is 0 Å². The number of piperidine rings is 1. The first-order valence-corrected chi connectivity index (χ1v) is 8.23. The van der Waals surface area contributed by atoms with Gasteiger partial charge in [0.1, 0.15) is 10.8 Å². The van der Waals surface area contributed by atoms with E-state index in [0.717, 1.165) is 36.6 Å². The summed E-state index contributed by atoms with van der Waals surface area (Å²) >= 11 is 1.29. The third kappa shape index (κ3) is 3.93. The number of aryl methyl sites for hydroxylation is 1. The lowest BCUT2D eigenvalue weighted by Gasteiger charge is -2.24. The van der Waals surface area contributed by atoms with E-state index < -0.39 is 5.91 Å². The number of anilines is 3. The van der Waals surface area contributed by atoms with Crippen LogP contribution in [0.1, 0.15) is 29.0 Å². The van der Waals surface area contributed by atoms with Crippen molar-refractivity contribution < 1.29 is 4.79 Å². The second-order valence-electron chi connectivity index (χ2n) is 5.46. The lowest BCUT2D eigenvalue weighted by atomic mass is 10.1. The Morgan fingerprint density at radius 3 is 3.04 bits per heavy atom. The van der Waals surface area contributed by atoms with Crippen molar-refractivity contribution >= 4 is 34.1 Å². The van der Waals surface area contributed by atoms with Crippen molar-refractivity contribution in [2.75, 3.05) is 23.7 Å². The summed E-state index contributed by atoms with van der Waals surface area (Å²) in [6.45, 7) is 3.83. The van der Waals surface area contributed by atoms with Gasteiger partial charge in [0, 0.05) is 12.6 Å². The van der Waals surface area contributed by atoms with E-state index in [1.807, 2.05) is 13.0 Å². The Balaban J connectivity index is 1.82. The molecular formula is C14H19N7OS. The molecule has 1 aliphatic heterocycles. The second kappa shape index (κ2) is 6.88. The van der Waals surface area contributed by atoms with Crippen LogP contribution in [0.4, 0.5) is 16.6 Å². The number of hydrogen-bond donors (Lipinski definition) is 4. The van der Waals surface area contributed by atoms with Gasteiger partial charge < -0.3 is 21.7 Å². The van der Waals surface area contributed by atoms with Gasteiger partial charge in [0.25, 0.3) is 5.91 Å². The van der Waals surface area contributed by atoms with E-state index in [2.05, 4.69) is 30.3 Å². The third-order valence-electron chi connectivity index (χ3n) is 3.52. The first-order valence-electron chi connectivity index (χ1n) is 7.46. The average molecular weight is 333 g/mol. The van der Waals surface area contributed by atoms with Crippen LogP contribution < -0.4 is 21.7 Å². The summed E-state index contributed by atoms with van der Waals surface area (Å²) < 4.78 is 4.19. The number of primary amides is 1. The zero-order valence-electron chi connectivity index (χ0n) is 12.8. The van der Waals surface area contributed by atoms with Crippen LogP contribution in [0.25, 0.3) is 0 Å². The third-order valence-corrected chi connectivity index (χ3v) is 4.32. The summed E-state index contributed by atoms with van der Waals surface area (Å²) in [5.74, 6) is 0.342. The van der Waals surface area contributed by atoms with Crippen molar-refractivity contribution in [1.82, 2.24) is 19.7 Å². The average Bonchev–Trinajstić information content (AvgIpc) is 2.93. The Labute approximate surface area is 138 Å². The van der Waals surface area contributed by atoms with E-state index in [4.69, 9.17) is 5.73 Å². The molecule has 5 N–H and O–H groups in total. The van der Waals surface area contributed by atoms with Gasteiger partial charge in [-0.25, -0.2) is 9.97 Å². The fourth-order valence-corrected chi connectivity index (χ4v) is 3.11. The van der Waals surface area contributed by atoms with Crippen LogP contribution >= 0.6 is 11.5 Å². The summed E-state index contributed by atoms with van der Waals surface area (Å²) in [6, 6.07) is 2.18. The molecule has 8 nitrogen and oxygen atoms in total. The molecule has 0 aliphatic carbocycles. The summed E-state index contributed by atoms with van der Waals surface area (Å²) in [4.78, 5) is 20.2. The molecule has 2 aromatic heterocycles. The van der Waals surface area contributed by atoms with Gasteiger partial charge in [-0.1, -0.05) is 0 Å². The zero-order valence-corrected chi connectivity index (χ0v) is 13.6. The molecule has 9 heteroatoms. The Morgan fingerprint density at radius 2 is 2.39 bits per heavy atom. The van der Waals surface area contributed by atoms with Gasteiger partial charge in [0.05, 0.1) is 11.9 Å². The van der Waals surface area contributed by atoms with Crippen molar-refractivity contribution in [3.8, 4) is 0 Å². The maximum absolute atomic E-state index is 11.6. The summed E-state index contributed by atoms with van der Waals surface area (Å²) in [5, 5.41) is 10.5. The molecule has 0 spiro atoms. The SMILES string of the molecule is Cc1cc(Nc2nc(N[C@@H]3CCCNC3)cnc2C(N)=O)sn1. The first kappa shape index (κ1) is 15.6. The highest BCUT2D eigenvalue weighted by molar-refractivity contribution is 7.10. The molecule has 0 radical (unpaired) electrons. The smallest absolute Gasteiger partial charge is 0.271 e. The summed E-state index contributed by atoms with van der Waals surface area (Å²) in [6.07, 6.45) is 3.73. The molecule has 1 atom stereocenters. The molecule has 0 saturated carbocycles. The zero-order chi connectivity index (χ0) is 16.2. The maximum Gasteiger partial charge on any atom is 0.271 e. The maximum atomic E-state index is 11.6. The van der Waals surface area contributed by atoms with E-state index in [1.165, 1.54) is 17.7 Å². The number of rotatable bonds is 5. The second-order valence-corrected chi connectivity index (χ2v) is 6.27. The number of nitrogens with zero attached hydrogens (tertiary/aromatic N) is 3. The van der Waals surface area contributed by atoms with Crippen LogP contribution in [0, 0.1) is 6.92 Å². The molecule has 0 aromatic carbocycles. The molecule has 3 heterocycles. The highest BCUT2D eigenvalue weighted by atomic mass is 32.1. The quantitative estimate of drug-likeness (QED) is 0.650. The van der Waals surface area contributed by atoms with Crippen molar-refractivity contribution in [2.45, 2.75) is 25.8 Å². The number of carbonyl (C=O) groups is 1. The Kier molecular flexibility index (Phi) is 4.68. The number of carbonyl (C=O) groups excluding carboxylic acids is 1. The molecule has 1 aliphatic rings. The molecule has 23 heavy (non-hydrogen) atoms. The predicted octanol–water partition coefficient (Wildman–Crippen LogP) is 1.25. The van der Waals surface area contributed by atoms with Crippen molar-refractivity contribution in [2.24, 2.45) is 5.73 Å². The van der Waals surface area contributed by atoms with Crippen molar-refractivity contribution in [1.29, 1.82) is 0 Å². The van der Waals surface area contributed by atoms with E-state index in [9.17, 15) is 4.79 Å². The van der Waals surface area contributed by atoms with E-state index in [-0.39, 0.29) is 5.69 Å². The molecule has 2 aromatic rings. The molecule has 0 unspecified atom stereocenters. The highest BCUT2D eigenvalue weighted by Gasteiger charge is 2.17. The Morgan fingerprint density at radius 1 is 1.52 bits per heavy atom. The number of amides is 1. The van der Waals surface area contributed by atoms with Gasteiger partial charge in [0.15, 0.2) is 11.5 Å². The van der Waals surface area contributed by atoms with Crippen LogP contribution in [-0.2, 0) is 0 Å². The Bertz CT molecular complexity index is 696. The molecule has 3 rings (SSSR count). The normalized spacial score (nSPS) is 17.7. The number of aromatic nitrogens is 3. The minimum Gasteiger partial charge on any atom is -0.365 e. The monoisotopic (exact) mass is 333 g/mol. The molecule has 0 bridgehead atoms. The lowest BCUT2D eigenvalue weighted by molar-refractivity contribution is 0.0996. The van der Waals surface area contributed by atoms with Crippen molar-refractivity contribution in [3.05, 3.63) is 23.7 Å². The fraction of sp³-hybridized carbons (Fsp3) is 0.429. The molecule has 1 fully saturated rings. The predicted molar refractivity (Wildman–Crippen MR) is 90.2 cm³/mol. The topological polar surface area (TPSA) is 118 Å². The number of nitrogens with two attached hydrogens (primary N) is 1. The van der Waals surface area contributed by atoms with Gasteiger partial charge in [-0.05, 0) is 43.9 Å². The Hall–Kier alpha value is -2.26. The van der Waals surface area contributed by atoms with Gasteiger partial charge in [-0.2, -0.15) is 4.37 Å². The largest absolute Gasteiger partial charge is 0.365 e. The lowest BCUT2D eigenvalue weighted by Crippen LogP contribution is -2.38.